The molecule has 1 amide bonds. The number of benzene rings is 2. The van der Waals surface area contributed by atoms with E-state index in [-0.39, 0.29) is 17.1 Å². The summed E-state index contributed by atoms with van der Waals surface area (Å²) in [7, 11) is -1.42. The van der Waals surface area contributed by atoms with E-state index >= 15 is 0 Å². The largest absolute Gasteiger partial charge is 0.416 e. The van der Waals surface area contributed by atoms with Gasteiger partial charge in [-0.05, 0) is 54.6 Å². The van der Waals surface area contributed by atoms with Crippen LogP contribution in [0.2, 0.25) is 0 Å². The average molecular weight is 542 g/mol. The van der Waals surface area contributed by atoms with E-state index in [4.69, 9.17) is 0 Å². The van der Waals surface area contributed by atoms with Gasteiger partial charge >= 0.3 is 6.18 Å². The van der Waals surface area contributed by atoms with Crippen LogP contribution in [0.15, 0.2) is 77.4 Å². The Morgan fingerprint density at radius 2 is 1.84 bits per heavy atom. The van der Waals surface area contributed by atoms with Gasteiger partial charge in [0, 0.05) is 41.5 Å². The Kier molecular flexibility index (Phi) is 6.53. The maximum absolute atomic E-state index is 13.4. The van der Waals surface area contributed by atoms with Gasteiger partial charge in [0.2, 0.25) is 0 Å². The van der Waals surface area contributed by atoms with Crippen molar-refractivity contribution in [3.8, 4) is 5.69 Å². The number of aromatic nitrogens is 4. The number of hydrogen-bond donors (Lipinski definition) is 1. The maximum atomic E-state index is 13.4. The second kappa shape index (κ2) is 9.69. The van der Waals surface area contributed by atoms with Crippen LogP contribution in [0, 0.1) is 0 Å². The lowest BCUT2D eigenvalue weighted by atomic mass is 10.1. The molecule has 0 spiro atoms. The van der Waals surface area contributed by atoms with E-state index < -0.39 is 34.0 Å². The van der Waals surface area contributed by atoms with Crippen LogP contribution in [0.5, 0.6) is 0 Å². The van der Waals surface area contributed by atoms with Gasteiger partial charge in [-0.1, -0.05) is 6.07 Å². The molecular weight excluding hydrogens is 519 g/mol. The average Bonchev–Trinajstić information content (AvgIpc) is 3.38. The number of pyridine rings is 1. The Morgan fingerprint density at radius 1 is 1.08 bits per heavy atom. The molecule has 0 unspecified atom stereocenters. The third kappa shape index (κ3) is 4.92. The summed E-state index contributed by atoms with van der Waals surface area (Å²) in [6.45, 7) is -0.409. The van der Waals surface area contributed by atoms with Gasteiger partial charge < -0.3 is 5.11 Å². The van der Waals surface area contributed by atoms with E-state index in [9.17, 15) is 27.3 Å². The van der Waals surface area contributed by atoms with Crippen LogP contribution in [-0.4, -0.2) is 46.9 Å². The highest BCUT2D eigenvalue weighted by atomic mass is 32.2. The normalized spacial score (nSPS) is 13.6. The van der Waals surface area contributed by atoms with Crippen molar-refractivity contribution in [2.75, 3.05) is 12.4 Å². The smallest absolute Gasteiger partial charge is 0.395 e. The summed E-state index contributed by atoms with van der Waals surface area (Å²) in [6, 6.07) is 14.6. The molecule has 0 aliphatic heterocycles. The van der Waals surface area contributed by atoms with Crippen molar-refractivity contribution in [3.63, 3.8) is 0 Å². The molecule has 0 aliphatic carbocycles. The molecule has 2 aromatic carbocycles. The summed E-state index contributed by atoms with van der Waals surface area (Å²) < 4.78 is 60.0. The van der Waals surface area contributed by atoms with Crippen molar-refractivity contribution in [3.05, 3.63) is 89.9 Å². The second-order valence-electron chi connectivity index (χ2n) is 8.71. The zero-order valence-electron chi connectivity index (χ0n) is 20.1. The number of rotatable bonds is 6. The third-order valence-corrected chi connectivity index (χ3v) is 8.07. The highest BCUT2D eigenvalue weighted by Crippen LogP contribution is 2.34. The van der Waals surface area contributed by atoms with Crippen LogP contribution in [0.1, 0.15) is 21.6 Å². The Labute approximate surface area is 215 Å². The Morgan fingerprint density at radius 3 is 2.50 bits per heavy atom. The summed E-state index contributed by atoms with van der Waals surface area (Å²) in [5.74, 6) is -0.977. The number of nitrogens with zero attached hydrogens (tertiary/aromatic N) is 5. The molecule has 38 heavy (non-hydrogen) atoms. The number of hydrogen-bond acceptors (Lipinski definition) is 5. The summed E-state index contributed by atoms with van der Waals surface area (Å²) in [5.41, 5.74) is 1.51. The Hall–Kier alpha value is -4.03. The minimum absolute atomic E-state index is 0.0838. The molecule has 12 heteroatoms. The fourth-order valence-corrected chi connectivity index (χ4v) is 5.92. The van der Waals surface area contributed by atoms with Gasteiger partial charge in [0.25, 0.3) is 5.91 Å². The van der Waals surface area contributed by atoms with E-state index in [0.29, 0.717) is 33.3 Å². The molecule has 0 bridgehead atoms. The van der Waals surface area contributed by atoms with Crippen molar-refractivity contribution in [1.82, 2.24) is 19.3 Å². The van der Waals surface area contributed by atoms with E-state index in [1.54, 1.807) is 59.0 Å². The van der Waals surface area contributed by atoms with Crippen LogP contribution in [0.25, 0.3) is 27.6 Å². The van der Waals surface area contributed by atoms with E-state index in [1.165, 1.54) is 18.2 Å². The fourth-order valence-electron chi connectivity index (χ4n) is 4.30. The van der Waals surface area contributed by atoms with Gasteiger partial charge in [-0.15, -0.1) is 0 Å². The quantitative estimate of drug-likeness (QED) is 0.335. The van der Waals surface area contributed by atoms with Gasteiger partial charge in [0.15, 0.2) is 5.65 Å². The topological polar surface area (TPSA) is 102 Å². The number of aliphatic hydroxyl groups excluding tert-OH is 1. The minimum Gasteiger partial charge on any atom is -0.395 e. The number of carbonyl (C=O) groups is 1. The van der Waals surface area contributed by atoms with Crippen molar-refractivity contribution >= 4 is 37.6 Å². The number of aliphatic hydroxyl groups is 1. The lowest BCUT2D eigenvalue weighted by Gasteiger charge is -2.10. The molecule has 0 fully saturated rings. The van der Waals surface area contributed by atoms with Gasteiger partial charge in [-0.3, -0.25) is 19.0 Å². The standard InChI is InChI=1S/C26H22F3N5O3S/c1-33-15-22-21-14-17(25(36)32-38(37,13-12-35)16-19-4-2-3-11-30-19)5-10-23(21)34(24(22)31-33)20-8-6-18(7-9-20)26(27,28)29/h2-11,14-15,35H,12-13,16H2,1H3/t38-/m1/s1. The third-order valence-electron chi connectivity index (χ3n) is 6.01. The van der Waals surface area contributed by atoms with E-state index in [0.717, 1.165) is 12.1 Å². The molecule has 0 saturated heterocycles. The maximum Gasteiger partial charge on any atom is 0.416 e. The molecule has 1 atom stereocenters. The van der Waals surface area contributed by atoms with Crippen LogP contribution >= 0.6 is 0 Å². The van der Waals surface area contributed by atoms with Gasteiger partial charge in [0.1, 0.15) is 0 Å². The molecule has 0 radical (unpaired) electrons. The van der Waals surface area contributed by atoms with Crippen molar-refractivity contribution in [2.45, 2.75) is 11.9 Å². The fraction of sp³-hybridized carbons (Fsp3) is 0.192. The van der Waals surface area contributed by atoms with Crippen molar-refractivity contribution in [1.29, 1.82) is 0 Å². The summed E-state index contributed by atoms with van der Waals surface area (Å²) in [4.78, 5) is 17.3. The Balaban J connectivity index is 1.59. The zero-order chi connectivity index (χ0) is 27.1. The summed E-state index contributed by atoms with van der Waals surface area (Å²) in [6.07, 6.45) is -1.16. The monoisotopic (exact) mass is 541 g/mol. The first-order chi connectivity index (χ1) is 18.1. The molecule has 0 saturated carbocycles. The molecule has 5 rings (SSSR count). The molecule has 3 aromatic heterocycles. The van der Waals surface area contributed by atoms with Crippen LogP contribution < -0.4 is 0 Å². The Bertz CT molecular complexity index is 1770. The predicted molar refractivity (Wildman–Crippen MR) is 137 cm³/mol. The number of aryl methyl sites for hydroxylation is 1. The van der Waals surface area contributed by atoms with Crippen LogP contribution in [-0.2, 0) is 28.7 Å². The molecule has 196 valence electrons. The molecular formula is C26H22F3N5O3S. The molecule has 0 aliphatic rings. The van der Waals surface area contributed by atoms with Gasteiger partial charge in [-0.25, -0.2) is 4.21 Å². The highest BCUT2D eigenvalue weighted by molar-refractivity contribution is 7.93. The van der Waals surface area contributed by atoms with Gasteiger partial charge in [-0.2, -0.15) is 22.6 Å². The number of amides is 1. The van der Waals surface area contributed by atoms with E-state index in [1.807, 2.05) is 0 Å². The molecule has 5 aromatic rings. The number of fused-ring (bicyclic) bond motifs is 3. The highest BCUT2D eigenvalue weighted by Gasteiger charge is 2.30. The lowest BCUT2D eigenvalue weighted by Crippen LogP contribution is -2.15. The van der Waals surface area contributed by atoms with E-state index in [2.05, 4.69) is 14.4 Å². The first-order valence-corrected chi connectivity index (χ1v) is 13.4. The van der Waals surface area contributed by atoms with Crippen molar-refractivity contribution in [2.24, 2.45) is 11.4 Å². The van der Waals surface area contributed by atoms with Crippen LogP contribution in [0.4, 0.5) is 13.2 Å². The number of halogens is 3. The SMILES string of the molecule is Cn1cc2c3cc(C(=O)N=[S@@](=O)(CCO)Cc4ccccn4)ccc3n(-c3ccc(C(F)(F)F)cc3)c2n1. The summed E-state index contributed by atoms with van der Waals surface area (Å²) >= 11 is 0. The van der Waals surface area contributed by atoms with Crippen LogP contribution in [0.3, 0.4) is 0 Å². The first-order valence-electron chi connectivity index (χ1n) is 11.5. The van der Waals surface area contributed by atoms with Crippen molar-refractivity contribution < 1.29 is 27.3 Å². The number of alkyl halides is 3. The summed E-state index contributed by atoms with van der Waals surface area (Å²) in [5, 5.41) is 15.2. The predicted octanol–water partition coefficient (Wildman–Crippen LogP) is 4.73. The van der Waals surface area contributed by atoms with Gasteiger partial charge in [0.05, 0.1) is 44.6 Å². The second-order valence-corrected chi connectivity index (χ2v) is 11.1. The zero-order valence-corrected chi connectivity index (χ0v) is 20.9. The minimum atomic E-state index is -4.46. The lowest BCUT2D eigenvalue weighted by molar-refractivity contribution is -0.137. The molecule has 3 heterocycles. The first kappa shape index (κ1) is 25.6. The molecule has 1 N–H and O–H groups in total. The number of carbonyl (C=O) groups excluding carboxylic acids is 1. The molecule has 8 nitrogen and oxygen atoms in total.